The number of H-pyrrole nitrogens is 1. The molecule has 2 heterocycles. The third-order valence-electron chi connectivity index (χ3n) is 6.88. The molecular weight excluding hydrogens is 509 g/mol. The Hall–Kier alpha value is -2.33. The zero-order chi connectivity index (χ0) is 23.7. The average molecular weight is 539 g/mol. The van der Waals surface area contributed by atoms with Gasteiger partial charge in [-0.15, -0.1) is 12.4 Å². The van der Waals surface area contributed by atoms with Crippen LogP contribution in [0.2, 0.25) is 5.02 Å². The molecule has 1 saturated heterocycles. The summed E-state index contributed by atoms with van der Waals surface area (Å²) in [6.07, 6.45) is 6.99. The van der Waals surface area contributed by atoms with Crippen LogP contribution in [0.1, 0.15) is 25.7 Å². The lowest BCUT2D eigenvalue weighted by Gasteiger charge is -2.37. The van der Waals surface area contributed by atoms with Crippen molar-refractivity contribution in [3.8, 4) is 0 Å². The van der Waals surface area contributed by atoms with Crippen molar-refractivity contribution in [2.75, 3.05) is 31.5 Å². The van der Waals surface area contributed by atoms with E-state index in [9.17, 15) is 13.2 Å². The molecule has 0 bridgehead atoms. The fraction of sp³-hybridized carbons (Fsp3) is 0.417. The van der Waals surface area contributed by atoms with Gasteiger partial charge < -0.3 is 15.2 Å². The van der Waals surface area contributed by atoms with Crippen molar-refractivity contribution >= 4 is 56.7 Å². The van der Waals surface area contributed by atoms with Crippen LogP contribution in [0.25, 0.3) is 10.8 Å². The van der Waals surface area contributed by atoms with Gasteiger partial charge in [0.15, 0.2) is 5.95 Å². The molecule has 188 valence electrons. The van der Waals surface area contributed by atoms with Gasteiger partial charge in [-0.2, -0.15) is 4.31 Å². The highest BCUT2D eigenvalue weighted by Crippen LogP contribution is 2.29. The van der Waals surface area contributed by atoms with Gasteiger partial charge in [0.2, 0.25) is 15.9 Å². The van der Waals surface area contributed by atoms with Gasteiger partial charge in [-0.25, -0.2) is 13.4 Å². The number of fused-ring (bicyclic) bond motifs is 1. The van der Waals surface area contributed by atoms with E-state index in [0.717, 1.165) is 42.4 Å². The van der Waals surface area contributed by atoms with E-state index in [4.69, 9.17) is 11.6 Å². The maximum Gasteiger partial charge on any atom is 0.243 e. The van der Waals surface area contributed by atoms with Crippen molar-refractivity contribution in [1.29, 1.82) is 0 Å². The van der Waals surface area contributed by atoms with Crippen LogP contribution in [-0.4, -0.2) is 65.7 Å². The molecule has 2 fully saturated rings. The standard InChI is InChI=1S/C24H28ClN5O3S.ClH/c25-20-5-1-19-16-22(8-4-18(19)15-20)34(32,33)30-13-11-29(12-14-30)23(31)17-2-6-21(7-3-17)28-24-26-9-10-27-24;/h1,4-5,8-10,15-17,21H,2-3,6-7,11-14H2,(H2,26,27,28);1H/t17-,21-;. The number of aromatic amines is 1. The number of benzene rings is 2. The fourth-order valence-electron chi connectivity index (χ4n) is 4.93. The highest BCUT2D eigenvalue weighted by atomic mass is 35.5. The number of hydrogen-bond donors (Lipinski definition) is 2. The zero-order valence-electron chi connectivity index (χ0n) is 19.2. The number of carbonyl (C=O) groups excluding carboxylic acids is 1. The number of anilines is 1. The fourth-order valence-corrected chi connectivity index (χ4v) is 6.57. The molecule has 1 aliphatic heterocycles. The first-order chi connectivity index (χ1) is 16.4. The molecule has 2 aliphatic rings. The van der Waals surface area contributed by atoms with E-state index in [1.807, 2.05) is 17.0 Å². The van der Waals surface area contributed by atoms with Crippen molar-refractivity contribution in [2.24, 2.45) is 5.92 Å². The van der Waals surface area contributed by atoms with Gasteiger partial charge in [0.05, 0.1) is 4.90 Å². The first-order valence-electron chi connectivity index (χ1n) is 11.6. The minimum Gasteiger partial charge on any atom is -0.353 e. The van der Waals surface area contributed by atoms with E-state index in [1.54, 1.807) is 36.7 Å². The summed E-state index contributed by atoms with van der Waals surface area (Å²) in [5.74, 6) is 0.920. The van der Waals surface area contributed by atoms with Crippen LogP contribution in [0.15, 0.2) is 53.7 Å². The van der Waals surface area contributed by atoms with Crippen molar-refractivity contribution in [3.05, 3.63) is 53.8 Å². The number of amides is 1. The first-order valence-corrected chi connectivity index (χ1v) is 13.5. The van der Waals surface area contributed by atoms with Crippen molar-refractivity contribution in [2.45, 2.75) is 36.6 Å². The second kappa shape index (κ2) is 10.7. The largest absolute Gasteiger partial charge is 0.353 e. The summed E-state index contributed by atoms with van der Waals surface area (Å²) in [6.45, 7) is 1.46. The monoisotopic (exact) mass is 537 g/mol. The van der Waals surface area contributed by atoms with Gasteiger partial charge >= 0.3 is 0 Å². The Morgan fingerprint density at radius 2 is 1.69 bits per heavy atom. The van der Waals surface area contributed by atoms with E-state index in [1.165, 1.54) is 4.31 Å². The molecule has 0 unspecified atom stereocenters. The lowest BCUT2D eigenvalue weighted by Crippen LogP contribution is -2.52. The number of imidazole rings is 1. The summed E-state index contributed by atoms with van der Waals surface area (Å²) in [7, 11) is -3.62. The molecule has 1 saturated carbocycles. The third-order valence-corrected chi connectivity index (χ3v) is 9.01. The van der Waals surface area contributed by atoms with Gasteiger partial charge in [0.25, 0.3) is 0 Å². The predicted molar refractivity (Wildman–Crippen MR) is 140 cm³/mol. The van der Waals surface area contributed by atoms with Crippen molar-refractivity contribution < 1.29 is 13.2 Å². The summed E-state index contributed by atoms with van der Waals surface area (Å²) in [4.78, 5) is 22.4. The number of nitrogens with one attached hydrogen (secondary N) is 2. The predicted octanol–water partition coefficient (Wildman–Crippen LogP) is 4.14. The molecule has 0 spiro atoms. The maximum absolute atomic E-state index is 13.2. The van der Waals surface area contributed by atoms with Gasteiger partial charge in [-0.3, -0.25) is 4.79 Å². The summed E-state index contributed by atoms with van der Waals surface area (Å²) >= 11 is 6.04. The third kappa shape index (κ3) is 5.58. The molecule has 5 rings (SSSR count). The number of sulfonamides is 1. The molecule has 1 aliphatic carbocycles. The molecule has 35 heavy (non-hydrogen) atoms. The molecule has 8 nitrogen and oxygen atoms in total. The summed E-state index contributed by atoms with van der Waals surface area (Å²) in [5, 5.41) is 5.73. The minimum atomic E-state index is -3.62. The normalized spacial score (nSPS) is 21.5. The van der Waals surface area contributed by atoms with Gasteiger partial charge in [-0.1, -0.05) is 23.7 Å². The zero-order valence-corrected chi connectivity index (χ0v) is 21.6. The number of piperazine rings is 1. The Balaban J connectivity index is 0.00000289. The topological polar surface area (TPSA) is 98.4 Å². The SMILES string of the molecule is Cl.O=C([C@H]1CC[C@H](Nc2ncc[nH]2)CC1)N1CCN(S(=O)(=O)c2ccc3cc(Cl)ccc3c2)CC1. The lowest BCUT2D eigenvalue weighted by atomic mass is 9.85. The Morgan fingerprint density at radius 1 is 1.00 bits per heavy atom. The van der Waals surface area contributed by atoms with Crippen LogP contribution < -0.4 is 5.32 Å². The van der Waals surface area contributed by atoms with Crippen LogP contribution in [0.5, 0.6) is 0 Å². The summed E-state index contributed by atoms with van der Waals surface area (Å²) in [5.41, 5.74) is 0. The van der Waals surface area contributed by atoms with E-state index < -0.39 is 10.0 Å². The number of hydrogen-bond acceptors (Lipinski definition) is 5. The molecule has 1 aromatic heterocycles. The highest BCUT2D eigenvalue weighted by molar-refractivity contribution is 7.89. The average Bonchev–Trinajstić information content (AvgIpc) is 3.37. The maximum atomic E-state index is 13.2. The number of aromatic nitrogens is 2. The number of rotatable bonds is 5. The molecule has 1 amide bonds. The van der Waals surface area contributed by atoms with Crippen molar-refractivity contribution in [1.82, 2.24) is 19.2 Å². The Morgan fingerprint density at radius 3 is 2.37 bits per heavy atom. The van der Waals surface area contributed by atoms with Crippen LogP contribution in [-0.2, 0) is 14.8 Å². The molecule has 2 N–H and O–H groups in total. The Labute approximate surface area is 216 Å². The second-order valence-corrected chi connectivity index (χ2v) is 11.4. The Kier molecular flexibility index (Phi) is 7.90. The highest BCUT2D eigenvalue weighted by Gasteiger charge is 2.34. The molecule has 11 heteroatoms. The summed E-state index contributed by atoms with van der Waals surface area (Å²) < 4.78 is 27.9. The first kappa shape index (κ1) is 25.8. The lowest BCUT2D eigenvalue weighted by molar-refractivity contribution is -0.137. The van der Waals surface area contributed by atoms with E-state index in [-0.39, 0.29) is 29.1 Å². The van der Waals surface area contributed by atoms with Gasteiger partial charge in [-0.05, 0) is 60.7 Å². The minimum absolute atomic E-state index is 0. The van der Waals surface area contributed by atoms with Crippen molar-refractivity contribution in [3.63, 3.8) is 0 Å². The number of halogens is 2. The molecular formula is C24H29Cl2N5O3S. The van der Waals surface area contributed by atoms with Gasteiger partial charge in [0, 0.05) is 55.6 Å². The van der Waals surface area contributed by atoms with Crippen LogP contribution >= 0.6 is 24.0 Å². The molecule has 0 radical (unpaired) electrons. The number of nitrogens with zero attached hydrogens (tertiary/aromatic N) is 3. The van der Waals surface area contributed by atoms with E-state index in [2.05, 4.69) is 15.3 Å². The van der Waals surface area contributed by atoms with E-state index >= 15 is 0 Å². The van der Waals surface area contributed by atoms with Crippen LogP contribution in [0, 0.1) is 5.92 Å². The van der Waals surface area contributed by atoms with Gasteiger partial charge in [0.1, 0.15) is 0 Å². The number of carbonyl (C=O) groups is 1. The molecule has 3 aromatic rings. The van der Waals surface area contributed by atoms with Crippen LogP contribution in [0.3, 0.4) is 0 Å². The van der Waals surface area contributed by atoms with Crippen LogP contribution in [0.4, 0.5) is 5.95 Å². The molecule has 0 atom stereocenters. The Bertz CT molecular complexity index is 1270. The quantitative estimate of drug-likeness (QED) is 0.509. The van der Waals surface area contributed by atoms with E-state index in [0.29, 0.717) is 37.2 Å². The summed E-state index contributed by atoms with van der Waals surface area (Å²) in [6, 6.07) is 10.8. The molecule has 2 aromatic carbocycles. The smallest absolute Gasteiger partial charge is 0.243 e. The second-order valence-electron chi connectivity index (χ2n) is 9.01.